The second kappa shape index (κ2) is 9.36. The van der Waals surface area contributed by atoms with Crippen LogP contribution in [0.4, 0.5) is 31.1 Å². The van der Waals surface area contributed by atoms with Gasteiger partial charge in [0.2, 0.25) is 0 Å². The topological polar surface area (TPSA) is 97.8 Å². The highest BCUT2D eigenvalue weighted by Gasteiger charge is 2.49. The lowest BCUT2D eigenvalue weighted by Gasteiger charge is -2.28. The van der Waals surface area contributed by atoms with Crippen molar-refractivity contribution in [1.29, 1.82) is 0 Å². The molecule has 1 aliphatic heterocycles. The van der Waals surface area contributed by atoms with Crippen molar-refractivity contribution in [2.45, 2.75) is 76.1 Å². The summed E-state index contributed by atoms with van der Waals surface area (Å²) in [7, 11) is 0. The minimum Gasteiger partial charge on any atom is -0.376 e. The normalized spacial score (nSPS) is 21.2. The molecule has 2 amide bonds. The number of halogens is 6. The zero-order chi connectivity index (χ0) is 26.5. The summed E-state index contributed by atoms with van der Waals surface area (Å²) in [6.07, 6.45) is -4.53. The summed E-state index contributed by atoms with van der Waals surface area (Å²) in [5.41, 5.74) is 5.26. The van der Waals surface area contributed by atoms with Gasteiger partial charge in [-0.3, -0.25) is 0 Å². The molecule has 3 heterocycles. The molecule has 2 aliphatic rings. The van der Waals surface area contributed by atoms with Crippen molar-refractivity contribution in [3.63, 3.8) is 0 Å². The SMILES string of the molecule is CC(C)(CCC(N)c1cn2ncc(C(COC3CC3)N3C[C@@H](C(F)(F)F)NC3=O)cc2n1)C(F)(F)F. The molecule has 1 aliphatic carbocycles. The number of hydrogen-bond donors (Lipinski definition) is 2. The molecular weight excluding hydrogens is 494 g/mol. The lowest BCUT2D eigenvalue weighted by Crippen LogP contribution is -2.40. The van der Waals surface area contributed by atoms with Crippen LogP contribution in [-0.2, 0) is 4.74 Å². The van der Waals surface area contributed by atoms with Crippen LogP contribution in [0.2, 0.25) is 0 Å². The van der Waals surface area contributed by atoms with E-state index in [1.807, 2.05) is 5.32 Å². The highest BCUT2D eigenvalue weighted by Crippen LogP contribution is 2.42. The van der Waals surface area contributed by atoms with Crippen molar-refractivity contribution in [2.24, 2.45) is 11.1 Å². The number of imidazole rings is 1. The fourth-order valence-corrected chi connectivity index (χ4v) is 3.92. The molecule has 8 nitrogen and oxygen atoms in total. The summed E-state index contributed by atoms with van der Waals surface area (Å²) >= 11 is 0. The number of nitrogens with one attached hydrogen (secondary N) is 1. The van der Waals surface area contributed by atoms with Gasteiger partial charge >= 0.3 is 18.4 Å². The number of fused-ring (bicyclic) bond motifs is 1. The van der Waals surface area contributed by atoms with Gasteiger partial charge in [0, 0.05) is 11.6 Å². The van der Waals surface area contributed by atoms with Gasteiger partial charge in [-0.05, 0) is 31.7 Å². The maximum atomic E-state index is 13.2. The summed E-state index contributed by atoms with van der Waals surface area (Å²) in [5.74, 6) is 0. The third-order valence-corrected chi connectivity index (χ3v) is 6.70. The van der Waals surface area contributed by atoms with Crippen molar-refractivity contribution < 1.29 is 35.9 Å². The molecule has 1 saturated heterocycles. The second-order valence-corrected chi connectivity index (χ2v) is 10.0. The summed E-state index contributed by atoms with van der Waals surface area (Å²) in [6, 6.07) is -2.90. The number of alkyl halides is 6. The van der Waals surface area contributed by atoms with E-state index in [9.17, 15) is 31.1 Å². The van der Waals surface area contributed by atoms with Gasteiger partial charge in [0.05, 0.1) is 48.8 Å². The first-order valence-corrected chi connectivity index (χ1v) is 11.6. The molecule has 14 heteroatoms. The standard InChI is InChI=1S/C22H28F6N6O2/c1-20(2,22(26,27)28)6-5-14(29)15-9-34-18(31-15)7-12(8-30-34)16(11-36-13-3-4-13)33-10-17(21(23,24)25)32-19(33)35/h7-9,13-14,16-17H,3-6,10-11,29H2,1-2H3,(H,32,35)/t14?,16?,17-/m0/s1. The van der Waals surface area contributed by atoms with Gasteiger partial charge in [0.1, 0.15) is 6.04 Å². The zero-order valence-corrected chi connectivity index (χ0v) is 19.7. The van der Waals surface area contributed by atoms with E-state index in [-0.39, 0.29) is 25.6 Å². The number of rotatable bonds is 9. The Hall–Kier alpha value is -2.61. The van der Waals surface area contributed by atoms with E-state index < -0.39 is 48.5 Å². The van der Waals surface area contributed by atoms with Crippen LogP contribution < -0.4 is 11.1 Å². The lowest BCUT2D eigenvalue weighted by atomic mass is 9.85. The average Bonchev–Trinajstić information content (AvgIpc) is 3.36. The molecule has 2 unspecified atom stereocenters. The number of hydrogen-bond acceptors (Lipinski definition) is 5. The van der Waals surface area contributed by atoms with Crippen LogP contribution in [0.3, 0.4) is 0 Å². The molecule has 0 bridgehead atoms. The quantitative estimate of drug-likeness (QED) is 0.480. The van der Waals surface area contributed by atoms with Crippen molar-refractivity contribution in [3.05, 3.63) is 29.7 Å². The van der Waals surface area contributed by atoms with Gasteiger partial charge in [0.25, 0.3) is 0 Å². The Bertz CT molecular complexity index is 1100. The Morgan fingerprint density at radius 2 is 1.92 bits per heavy atom. The maximum Gasteiger partial charge on any atom is 0.410 e. The van der Waals surface area contributed by atoms with Crippen molar-refractivity contribution in [1.82, 2.24) is 24.8 Å². The fourth-order valence-electron chi connectivity index (χ4n) is 3.92. The number of ether oxygens (including phenoxy) is 1. The Balaban J connectivity index is 1.54. The first kappa shape index (κ1) is 26.5. The Morgan fingerprint density at radius 3 is 2.50 bits per heavy atom. The Kier molecular flexibility index (Phi) is 6.88. The molecule has 4 rings (SSSR count). The molecule has 0 spiro atoms. The van der Waals surface area contributed by atoms with Crippen LogP contribution in [0.15, 0.2) is 18.5 Å². The molecule has 3 atom stereocenters. The number of nitrogens with two attached hydrogens (primary N) is 1. The van der Waals surface area contributed by atoms with Gasteiger partial charge in [-0.1, -0.05) is 13.8 Å². The van der Waals surface area contributed by atoms with E-state index in [0.717, 1.165) is 31.6 Å². The second-order valence-electron chi connectivity index (χ2n) is 10.0. The number of urea groups is 1. The molecule has 2 aromatic heterocycles. The van der Waals surface area contributed by atoms with E-state index in [0.29, 0.717) is 16.9 Å². The summed E-state index contributed by atoms with van der Waals surface area (Å²) in [5, 5.41) is 6.20. The first-order valence-electron chi connectivity index (χ1n) is 11.6. The summed E-state index contributed by atoms with van der Waals surface area (Å²) < 4.78 is 86.2. The third kappa shape index (κ3) is 5.69. The molecule has 0 aromatic carbocycles. The monoisotopic (exact) mass is 522 g/mol. The largest absolute Gasteiger partial charge is 0.410 e. The van der Waals surface area contributed by atoms with Crippen molar-refractivity contribution in [3.8, 4) is 0 Å². The fraction of sp³-hybridized carbons (Fsp3) is 0.682. The minimum atomic E-state index is -4.59. The van der Waals surface area contributed by atoms with Gasteiger partial charge in [0.15, 0.2) is 5.65 Å². The average molecular weight is 522 g/mol. The predicted octanol–water partition coefficient (Wildman–Crippen LogP) is 4.27. The number of carbonyl (C=O) groups excluding carboxylic acids is 1. The molecule has 2 aromatic rings. The summed E-state index contributed by atoms with van der Waals surface area (Å²) in [4.78, 5) is 17.9. The predicted molar refractivity (Wildman–Crippen MR) is 116 cm³/mol. The lowest BCUT2D eigenvalue weighted by molar-refractivity contribution is -0.214. The van der Waals surface area contributed by atoms with Crippen molar-refractivity contribution in [2.75, 3.05) is 13.2 Å². The van der Waals surface area contributed by atoms with Crippen LogP contribution in [-0.4, -0.2) is 63.2 Å². The number of carbonyl (C=O) groups is 1. The number of nitrogens with zero attached hydrogens (tertiary/aromatic N) is 4. The first-order chi connectivity index (χ1) is 16.7. The van der Waals surface area contributed by atoms with E-state index in [1.165, 1.54) is 16.9 Å². The highest BCUT2D eigenvalue weighted by atomic mass is 19.4. The third-order valence-electron chi connectivity index (χ3n) is 6.70. The van der Waals surface area contributed by atoms with Crippen LogP contribution in [0.25, 0.3) is 5.65 Å². The smallest absolute Gasteiger partial charge is 0.376 e. The van der Waals surface area contributed by atoms with E-state index in [2.05, 4.69) is 10.1 Å². The minimum absolute atomic E-state index is 0.00485. The van der Waals surface area contributed by atoms with Gasteiger partial charge < -0.3 is 20.7 Å². The highest BCUT2D eigenvalue weighted by molar-refractivity contribution is 5.77. The van der Waals surface area contributed by atoms with Gasteiger partial charge in [-0.15, -0.1) is 0 Å². The van der Waals surface area contributed by atoms with Gasteiger partial charge in [-0.25, -0.2) is 14.3 Å². The molecule has 3 N–H and O–H groups in total. The number of amides is 2. The molecule has 0 radical (unpaired) electrons. The molecule has 36 heavy (non-hydrogen) atoms. The molecule has 200 valence electrons. The number of aromatic nitrogens is 3. The van der Waals surface area contributed by atoms with E-state index in [1.54, 1.807) is 6.07 Å². The molecule has 1 saturated carbocycles. The van der Waals surface area contributed by atoms with E-state index >= 15 is 0 Å². The Labute approximate surface area is 203 Å². The van der Waals surface area contributed by atoms with Gasteiger partial charge in [-0.2, -0.15) is 31.4 Å². The van der Waals surface area contributed by atoms with Crippen LogP contribution in [0.5, 0.6) is 0 Å². The Morgan fingerprint density at radius 1 is 1.22 bits per heavy atom. The van der Waals surface area contributed by atoms with E-state index in [4.69, 9.17) is 10.5 Å². The zero-order valence-electron chi connectivity index (χ0n) is 19.7. The molecule has 2 fully saturated rings. The maximum absolute atomic E-state index is 13.2. The summed E-state index contributed by atoms with van der Waals surface area (Å²) in [6.45, 7) is 1.63. The molecular formula is C22H28F6N6O2. The van der Waals surface area contributed by atoms with Crippen LogP contribution >= 0.6 is 0 Å². The van der Waals surface area contributed by atoms with Crippen LogP contribution in [0, 0.1) is 5.41 Å². The van der Waals surface area contributed by atoms with Crippen molar-refractivity contribution >= 4 is 11.7 Å². The van der Waals surface area contributed by atoms with Crippen LogP contribution in [0.1, 0.15) is 62.9 Å².